The Labute approximate surface area is 131 Å². The van der Waals surface area contributed by atoms with Crippen molar-refractivity contribution in [3.05, 3.63) is 54.4 Å². The molecule has 0 aliphatic carbocycles. The number of carbonyl (C=O) groups excluding carboxylic acids is 1. The number of amides is 1. The number of fused-ring (bicyclic) bond motifs is 1. The molecule has 3 rings (SSSR count). The number of carbonyl (C=O) groups is 1. The maximum absolute atomic E-state index is 14.2. The van der Waals surface area contributed by atoms with Gasteiger partial charge in [0.2, 0.25) is 5.95 Å². The van der Waals surface area contributed by atoms with Crippen molar-refractivity contribution in [2.75, 3.05) is 5.32 Å². The predicted octanol–water partition coefficient (Wildman–Crippen LogP) is 3.18. The molecule has 0 fully saturated rings. The van der Waals surface area contributed by atoms with E-state index < -0.39 is 17.4 Å². The van der Waals surface area contributed by atoms with E-state index in [2.05, 4.69) is 15.3 Å². The van der Waals surface area contributed by atoms with Crippen molar-refractivity contribution in [2.45, 2.75) is 19.4 Å². The summed E-state index contributed by atoms with van der Waals surface area (Å²) in [5.74, 6) is -5.02. The molecule has 5 nitrogen and oxygen atoms in total. The molecule has 0 aliphatic heterocycles. The van der Waals surface area contributed by atoms with Gasteiger partial charge in [-0.1, -0.05) is 12.1 Å². The molecule has 3 aromatic rings. The summed E-state index contributed by atoms with van der Waals surface area (Å²) in [5.41, 5.74) is 0.945. The third kappa shape index (κ3) is 2.65. The molecule has 2 heterocycles. The number of nitrogens with zero attached hydrogens (tertiary/aromatic N) is 3. The van der Waals surface area contributed by atoms with E-state index in [1.54, 1.807) is 16.7 Å². The minimum Gasteiger partial charge on any atom is -0.310 e. The fourth-order valence-corrected chi connectivity index (χ4v) is 2.35. The molecule has 0 bridgehead atoms. The molecule has 0 spiro atoms. The normalized spacial score (nSPS) is 11.6. The number of hydrogen-bond acceptors (Lipinski definition) is 3. The Hall–Kier alpha value is -2.83. The van der Waals surface area contributed by atoms with Crippen LogP contribution < -0.4 is 5.32 Å². The van der Waals surface area contributed by atoms with Crippen LogP contribution in [0.4, 0.5) is 14.7 Å². The first-order chi connectivity index (χ1) is 11.0. The van der Waals surface area contributed by atoms with Crippen molar-refractivity contribution in [1.82, 2.24) is 14.5 Å². The van der Waals surface area contributed by atoms with Gasteiger partial charge in [-0.3, -0.25) is 15.1 Å². The number of aromatic nitrogens is 3. The zero-order chi connectivity index (χ0) is 16.4. The molecular weight excluding hydrogens is 302 g/mol. The van der Waals surface area contributed by atoms with E-state index in [-0.39, 0.29) is 5.95 Å². The van der Waals surface area contributed by atoms with Crippen LogP contribution in [0.3, 0.4) is 0 Å². The van der Waals surface area contributed by atoms with Crippen LogP contribution in [0.1, 0.15) is 12.5 Å². The molecule has 0 saturated heterocycles. The monoisotopic (exact) mass is 316 g/mol. The fourth-order valence-electron chi connectivity index (χ4n) is 2.35. The number of imidazole rings is 1. The Balaban J connectivity index is 1.94. The zero-order valence-electron chi connectivity index (χ0n) is 12.3. The number of halogens is 2. The largest absolute Gasteiger partial charge is 0.351 e. The summed E-state index contributed by atoms with van der Waals surface area (Å²) in [7, 11) is 0. The van der Waals surface area contributed by atoms with Gasteiger partial charge in [-0.15, -0.1) is 0 Å². The Kier molecular flexibility index (Phi) is 3.77. The average Bonchev–Trinajstić information content (AvgIpc) is 2.92. The Morgan fingerprint density at radius 1 is 1.26 bits per heavy atom. The van der Waals surface area contributed by atoms with E-state index in [4.69, 9.17) is 0 Å². The van der Waals surface area contributed by atoms with Crippen molar-refractivity contribution in [1.29, 1.82) is 0 Å². The van der Waals surface area contributed by atoms with Gasteiger partial charge in [0.05, 0.1) is 11.0 Å². The maximum atomic E-state index is 14.2. The summed E-state index contributed by atoms with van der Waals surface area (Å²) in [5, 5.41) is 2.22. The highest BCUT2D eigenvalue weighted by Gasteiger charge is 2.41. The van der Waals surface area contributed by atoms with Crippen molar-refractivity contribution in [3.8, 4) is 0 Å². The standard InChI is InChI=1S/C16H14F2N4O/c1-2-22-13-8-4-3-7-12(13)20-15(22)21-14(23)16(17,18)11-6-5-9-19-10-11/h3-10H,2H2,1H3,(H,20,21,23). The Morgan fingerprint density at radius 3 is 2.74 bits per heavy atom. The molecule has 7 heteroatoms. The SMILES string of the molecule is CCn1c(NC(=O)C(F)(F)c2cccnc2)nc2ccccc21. The molecule has 1 amide bonds. The van der Waals surface area contributed by atoms with E-state index in [0.29, 0.717) is 12.1 Å². The van der Waals surface area contributed by atoms with E-state index in [1.165, 1.54) is 12.3 Å². The number of aryl methyl sites for hydroxylation is 1. The second-order valence-electron chi connectivity index (χ2n) is 4.94. The topological polar surface area (TPSA) is 59.8 Å². The number of nitrogens with one attached hydrogen (secondary N) is 1. The summed E-state index contributed by atoms with van der Waals surface area (Å²) in [6, 6.07) is 9.72. The molecule has 0 saturated carbocycles. The molecule has 23 heavy (non-hydrogen) atoms. The first kappa shape index (κ1) is 15.1. The summed E-state index contributed by atoms with van der Waals surface area (Å²) in [6.07, 6.45) is 2.34. The van der Waals surface area contributed by atoms with Crippen molar-refractivity contribution < 1.29 is 13.6 Å². The van der Waals surface area contributed by atoms with Gasteiger partial charge in [-0.25, -0.2) is 4.98 Å². The van der Waals surface area contributed by atoms with E-state index in [0.717, 1.165) is 17.8 Å². The maximum Gasteiger partial charge on any atom is 0.351 e. The van der Waals surface area contributed by atoms with Gasteiger partial charge in [0.15, 0.2) is 0 Å². The molecule has 0 radical (unpaired) electrons. The van der Waals surface area contributed by atoms with Gasteiger partial charge in [-0.05, 0) is 31.2 Å². The lowest BCUT2D eigenvalue weighted by atomic mass is 10.1. The molecular formula is C16H14F2N4O. The van der Waals surface area contributed by atoms with Crippen LogP contribution in [-0.4, -0.2) is 20.4 Å². The lowest BCUT2D eigenvalue weighted by molar-refractivity contribution is -0.141. The van der Waals surface area contributed by atoms with E-state index in [1.807, 2.05) is 19.1 Å². The lowest BCUT2D eigenvalue weighted by Crippen LogP contribution is -2.33. The molecule has 118 valence electrons. The van der Waals surface area contributed by atoms with Gasteiger partial charge in [0, 0.05) is 24.5 Å². The van der Waals surface area contributed by atoms with Crippen molar-refractivity contribution in [2.24, 2.45) is 0 Å². The van der Waals surface area contributed by atoms with Gasteiger partial charge < -0.3 is 4.57 Å². The van der Waals surface area contributed by atoms with Crippen LogP contribution >= 0.6 is 0 Å². The Morgan fingerprint density at radius 2 is 2.04 bits per heavy atom. The highest BCUT2D eigenvalue weighted by Crippen LogP contribution is 2.29. The highest BCUT2D eigenvalue weighted by molar-refractivity contribution is 5.96. The summed E-state index contributed by atoms with van der Waals surface area (Å²) in [4.78, 5) is 19.9. The van der Waals surface area contributed by atoms with E-state index >= 15 is 0 Å². The van der Waals surface area contributed by atoms with Crippen LogP contribution in [0.5, 0.6) is 0 Å². The second-order valence-corrected chi connectivity index (χ2v) is 4.94. The van der Waals surface area contributed by atoms with Gasteiger partial charge in [0.25, 0.3) is 0 Å². The molecule has 0 aliphatic rings. The Bertz CT molecular complexity index is 846. The highest BCUT2D eigenvalue weighted by atomic mass is 19.3. The van der Waals surface area contributed by atoms with Crippen molar-refractivity contribution in [3.63, 3.8) is 0 Å². The molecule has 0 atom stereocenters. The molecule has 2 aromatic heterocycles. The van der Waals surface area contributed by atoms with Crippen LogP contribution in [-0.2, 0) is 17.3 Å². The summed E-state index contributed by atoms with van der Waals surface area (Å²) in [6.45, 7) is 2.34. The number of rotatable bonds is 4. The van der Waals surface area contributed by atoms with Crippen LogP contribution in [0, 0.1) is 0 Å². The first-order valence-electron chi connectivity index (χ1n) is 7.09. The smallest absolute Gasteiger partial charge is 0.310 e. The number of pyridine rings is 1. The van der Waals surface area contributed by atoms with Gasteiger partial charge >= 0.3 is 11.8 Å². The number of benzene rings is 1. The fraction of sp³-hybridized carbons (Fsp3) is 0.188. The minimum absolute atomic E-state index is 0.0993. The van der Waals surface area contributed by atoms with Crippen LogP contribution in [0.2, 0.25) is 0 Å². The number of anilines is 1. The molecule has 1 N–H and O–H groups in total. The summed E-state index contributed by atoms with van der Waals surface area (Å²) < 4.78 is 30.1. The van der Waals surface area contributed by atoms with Gasteiger partial charge in [-0.2, -0.15) is 8.78 Å². The zero-order valence-corrected chi connectivity index (χ0v) is 12.3. The number of hydrogen-bond donors (Lipinski definition) is 1. The predicted molar refractivity (Wildman–Crippen MR) is 82.2 cm³/mol. The van der Waals surface area contributed by atoms with Crippen LogP contribution in [0.15, 0.2) is 48.8 Å². The first-order valence-corrected chi connectivity index (χ1v) is 7.09. The number of para-hydroxylation sites is 2. The van der Waals surface area contributed by atoms with Crippen LogP contribution in [0.25, 0.3) is 11.0 Å². The van der Waals surface area contributed by atoms with Crippen molar-refractivity contribution >= 4 is 22.9 Å². The quantitative estimate of drug-likeness (QED) is 0.804. The lowest BCUT2D eigenvalue weighted by Gasteiger charge is -2.16. The molecule has 1 aromatic carbocycles. The molecule has 0 unspecified atom stereocenters. The third-order valence-electron chi connectivity index (χ3n) is 3.51. The summed E-state index contributed by atoms with van der Waals surface area (Å²) >= 11 is 0. The average molecular weight is 316 g/mol. The minimum atomic E-state index is -3.69. The van der Waals surface area contributed by atoms with E-state index in [9.17, 15) is 13.6 Å². The second kappa shape index (κ2) is 5.75. The number of alkyl halides is 2. The van der Waals surface area contributed by atoms with Gasteiger partial charge in [0.1, 0.15) is 0 Å². The third-order valence-corrected chi connectivity index (χ3v) is 3.51.